The van der Waals surface area contributed by atoms with Crippen molar-refractivity contribution >= 4 is 97.3 Å². The molecule has 4 aromatic rings. The molecule has 12 rings (SSSR count). The fraction of sp³-hybridized carbons (Fsp3) is 0.674. The number of nitrogens with zero attached hydrogens (tertiary/aromatic N) is 4. The Morgan fingerprint density at radius 3 is 1.42 bits per heavy atom. The second-order valence-electron chi connectivity index (χ2n) is 39.3. The van der Waals surface area contributed by atoms with Crippen LogP contribution in [0.15, 0.2) is 60.7 Å². The van der Waals surface area contributed by atoms with E-state index in [0.29, 0.717) is 70.0 Å². The van der Waals surface area contributed by atoms with E-state index in [9.17, 15) is 38.4 Å². The summed E-state index contributed by atoms with van der Waals surface area (Å²) in [7, 11) is -4.26. The summed E-state index contributed by atoms with van der Waals surface area (Å²) >= 11 is 7.49. The van der Waals surface area contributed by atoms with Crippen molar-refractivity contribution in [1.29, 1.82) is 0 Å². The van der Waals surface area contributed by atoms with Crippen LogP contribution in [0.4, 0.5) is 0 Å². The van der Waals surface area contributed by atoms with Gasteiger partial charge in [0.15, 0.2) is 11.6 Å². The zero-order valence-electron chi connectivity index (χ0n) is 72.6. The molecule has 630 valence electrons. The summed E-state index contributed by atoms with van der Waals surface area (Å²) in [6.45, 7) is 41.5. The molecular weight excluding hydrogens is 1510 g/mol. The Hall–Kier alpha value is -7.18. The molecule has 2 spiro atoms. The summed E-state index contributed by atoms with van der Waals surface area (Å²) in [5.74, 6) is -1.09. The summed E-state index contributed by atoms with van der Waals surface area (Å²) in [6, 6.07) is 10.4. The number of carbonyl (C=O) groups excluding carboxylic acids is 8. The second-order valence-corrected chi connectivity index (χ2v) is 49.3. The zero-order chi connectivity index (χ0) is 84.0. The van der Waals surface area contributed by atoms with Gasteiger partial charge in [-0.3, -0.25) is 38.4 Å². The lowest BCUT2D eigenvalue weighted by Gasteiger charge is -2.39. The number of ketones is 2. The van der Waals surface area contributed by atoms with E-state index in [2.05, 4.69) is 105 Å². The first-order valence-corrected chi connectivity index (χ1v) is 49.2. The predicted molar refractivity (Wildman–Crippen MR) is 452 cm³/mol. The van der Waals surface area contributed by atoms with Gasteiger partial charge in [-0.2, -0.15) is 0 Å². The maximum Gasteiger partial charge on any atom is 0.313 e. The Morgan fingerprint density at radius 2 is 0.974 bits per heavy atom. The van der Waals surface area contributed by atoms with Gasteiger partial charge in [0.05, 0.1) is 89.9 Å². The lowest BCUT2D eigenvalue weighted by molar-refractivity contribution is -0.159. The van der Waals surface area contributed by atoms with E-state index in [0.717, 1.165) is 113 Å². The van der Waals surface area contributed by atoms with Crippen molar-refractivity contribution in [3.63, 3.8) is 0 Å². The third kappa shape index (κ3) is 19.7. The lowest BCUT2D eigenvalue weighted by Crippen LogP contribution is -2.47. The molecule has 2 aliphatic carbocycles. The molecule has 2 amide bonds. The third-order valence-corrected chi connectivity index (χ3v) is 35.2. The number of allylic oxidation sites excluding steroid dienone is 4. The van der Waals surface area contributed by atoms with Crippen LogP contribution in [0.1, 0.15) is 267 Å². The molecule has 8 heterocycles. The van der Waals surface area contributed by atoms with Crippen molar-refractivity contribution in [2.75, 3.05) is 26.3 Å². The van der Waals surface area contributed by atoms with Gasteiger partial charge >= 0.3 is 23.9 Å². The van der Waals surface area contributed by atoms with Gasteiger partial charge in [0, 0.05) is 65.8 Å². The normalized spacial score (nSPS) is 28.2. The standard InChI is InChI=1S/C46H65ClN2O8Si.C46H66N2O8Si/c1-11-34-40-39(32-23-31(20-21-35(32)48-34)57-58(9,10)44(6,7)8)33(47)25-45(56-40)26-36-37(50)27-46(42(53)54-12-2)24-30(46)19-17-15-13-14-16-18-29(41(52)49(36)28-45)22-38(51)55-43(3,4)5;1-11-35-40-33(34-25-32(20-21-36(34)47-35)56-57(9,10)44(6,7)8)22-23-45(55-40)27-37-38(49)28-46(42(52)53-12-2)26-31(46)19-17-15-13-14-16-18-30(41(51)48(37)29-45)24-39(50)54-43(3,4)5/h17,19-21,23,29-30,33,36H,11-16,18,22,24-28H2,1-10H3;17,19-21,25,30-31,37H,11-16,18,22-24,26-29H2,1-10H3/b2*19-17-/t29-,30-,33?,36+,45-,46-;30-,31-,37+,45-,46-/m11/s1. The molecular formula is C92H131ClN4O16Si2. The van der Waals surface area contributed by atoms with Gasteiger partial charge in [-0.1, -0.05) is 105 Å². The lowest BCUT2D eigenvalue weighted by atomic mass is 9.84. The Kier molecular flexibility index (Phi) is 26.4. The van der Waals surface area contributed by atoms with Crippen molar-refractivity contribution in [3.8, 4) is 23.0 Å². The number of hydrogen-bond acceptors (Lipinski definition) is 18. The van der Waals surface area contributed by atoms with E-state index in [1.54, 1.807) is 23.6 Å². The fourth-order valence-corrected chi connectivity index (χ4v) is 20.2. The highest BCUT2D eigenvalue weighted by atomic mass is 35.5. The first-order valence-electron chi connectivity index (χ1n) is 42.9. The van der Waals surface area contributed by atoms with Crippen LogP contribution in [-0.4, -0.2) is 144 Å². The van der Waals surface area contributed by atoms with Gasteiger partial charge in [-0.05, 0) is 217 Å². The highest BCUT2D eigenvalue weighted by molar-refractivity contribution is 6.75. The van der Waals surface area contributed by atoms with Crippen molar-refractivity contribution < 1.29 is 75.6 Å². The number of fused-ring (bicyclic) bond motifs is 10. The minimum Gasteiger partial charge on any atom is -0.543 e. The number of amides is 2. The van der Waals surface area contributed by atoms with E-state index in [1.165, 1.54) is 0 Å². The van der Waals surface area contributed by atoms with Gasteiger partial charge in [-0.25, -0.2) is 9.97 Å². The van der Waals surface area contributed by atoms with E-state index >= 15 is 0 Å². The number of ether oxygens (including phenoxy) is 6. The van der Waals surface area contributed by atoms with Crippen molar-refractivity contribution in [1.82, 2.24) is 19.8 Å². The van der Waals surface area contributed by atoms with Crippen LogP contribution < -0.4 is 18.3 Å². The van der Waals surface area contributed by atoms with Crippen molar-refractivity contribution in [2.24, 2.45) is 34.5 Å². The number of benzene rings is 2. The maximum absolute atomic E-state index is 14.9. The Morgan fingerprint density at radius 1 is 0.548 bits per heavy atom. The average molecular weight is 1640 g/mol. The monoisotopic (exact) mass is 1640 g/mol. The van der Waals surface area contributed by atoms with Gasteiger partial charge < -0.3 is 47.1 Å². The Bertz CT molecular complexity index is 4410. The minimum absolute atomic E-state index is 0.00442. The molecule has 2 aromatic heterocycles. The molecule has 20 nitrogen and oxygen atoms in total. The smallest absolute Gasteiger partial charge is 0.313 e. The molecule has 0 N–H and O–H groups in total. The fourth-order valence-electron chi connectivity index (χ4n) is 17.7. The SMILES string of the molecule is CCOC(=O)[C@]12CC(=O)[C@@H]3C[C@]4(CC(Cl)c5c(c(CC)nc6ccc(O[Si](C)(C)C(C)(C)C)cc56)O4)CN3C(=O)[C@@H](CC(=O)OC(C)(C)C)CCCCC/C=C\[C@@H]1C2.CCOC(=O)[C@]12CC(=O)[C@@H]3C[C@]4(CCc5c(c(CC)nc6ccc(O[Si](C)(C)C(C)(C)C)cc56)O4)CN3C(=O)[C@@H](CC(=O)OC(C)(C)C)CCCCC/C=C\[C@@H]1C2. The molecule has 115 heavy (non-hydrogen) atoms. The second kappa shape index (κ2) is 34.3. The molecule has 2 saturated heterocycles. The van der Waals surface area contributed by atoms with Crippen molar-refractivity contribution in [2.45, 2.75) is 335 Å². The number of pyridine rings is 2. The van der Waals surface area contributed by atoms with Crippen molar-refractivity contribution in [3.05, 3.63) is 83.2 Å². The van der Waals surface area contributed by atoms with Gasteiger partial charge in [0.1, 0.15) is 45.4 Å². The quantitative estimate of drug-likeness (QED) is 0.0374. The number of esters is 4. The summed E-state index contributed by atoms with van der Waals surface area (Å²) in [5.41, 5.74) is 0.0266. The van der Waals surface area contributed by atoms with Crippen LogP contribution in [-0.2, 0) is 76.6 Å². The Balaban J connectivity index is 0.000000226. The van der Waals surface area contributed by atoms with Crippen LogP contribution in [0.25, 0.3) is 21.8 Å². The van der Waals surface area contributed by atoms with Gasteiger partial charge in [0.2, 0.25) is 28.4 Å². The molecule has 11 atom stereocenters. The maximum atomic E-state index is 14.9. The largest absolute Gasteiger partial charge is 0.543 e. The van der Waals surface area contributed by atoms with E-state index < -0.39 is 91.1 Å². The summed E-state index contributed by atoms with van der Waals surface area (Å²) in [6.07, 6.45) is 20.4. The van der Waals surface area contributed by atoms with Gasteiger partial charge in [-0.15, -0.1) is 11.6 Å². The topological polar surface area (TPSA) is 243 Å². The molecule has 23 heteroatoms. The van der Waals surface area contributed by atoms with Crippen LogP contribution in [0.3, 0.4) is 0 Å². The average Bonchev–Trinajstić information content (AvgIpc) is 1.65. The molecule has 2 saturated carbocycles. The molecule has 4 fully saturated rings. The van der Waals surface area contributed by atoms with E-state index in [-0.39, 0.29) is 116 Å². The molecule has 8 aliphatic rings. The van der Waals surface area contributed by atoms with E-state index in [1.807, 2.05) is 78.8 Å². The van der Waals surface area contributed by atoms with E-state index in [4.69, 9.17) is 58.8 Å². The molecule has 6 aliphatic heterocycles. The molecule has 0 bridgehead atoms. The number of hydrogen-bond donors (Lipinski definition) is 0. The first-order chi connectivity index (χ1) is 53.8. The van der Waals surface area contributed by atoms with Crippen LogP contribution >= 0.6 is 11.6 Å². The van der Waals surface area contributed by atoms with Crippen LogP contribution in [0.2, 0.25) is 36.3 Å². The number of halogens is 1. The number of carbonyl (C=O) groups is 8. The molecule has 2 aromatic carbocycles. The first kappa shape index (κ1) is 88.6. The highest BCUT2D eigenvalue weighted by Gasteiger charge is 2.65. The zero-order valence-corrected chi connectivity index (χ0v) is 75.4. The summed E-state index contributed by atoms with van der Waals surface area (Å²) < 4.78 is 50.2. The Labute approximate surface area is 690 Å². The molecule has 1 unspecified atom stereocenters. The highest BCUT2D eigenvalue weighted by Crippen LogP contribution is 2.61. The predicted octanol–water partition coefficient (Wildman–Crippen LogP) is 19.2. The molecule has 0 radical (unpaired) electrons. The third-order valence-electron chi connectivity index (χ3n) is 26.1. The number of aryl methyl sites for hydroxylation is 3. The number of Topliss-reactive ketones (excluding diaryl/α,β-unsaturated/α-hetero) is 2. The minimum atomic E-state index is -2.15. The van der Waals surface area contributed by atoms with Crippen LogP contribution in [0, 0.1) is 34.5 Å². The summed E-state index contributed by atoms with van der Waals surface area (Å²) in [4.78, 5) is 126. The number of aromatic nitrogens is 2. The number of rotatable bonds is 14. The van der Waals surface area contributed by atoms with Crippen LogP contribution in [0.5, 0.6) is 23.0 Å². The summed E-state index contributed by atoms with van der Waals surface area (Å²) in [5, 5.41) is 1.38. The number of alkyl halides is 1. The van der Waals surface area contributed by atoms with Gasteiger partial charge in [0.25, 0.3) is 0 Å².